The fourth-order valence-corrected chi connectivity index (χ4v) is 2.68. The van der Waals surface area contributed by atoms with Crippen LogP contribution in [0.25, 0.3) is 5.78 Å². The SMILES string of the molecule is CCOC(=O)C1CCCN1Cc1cn2cccnc2n1. The summed E-state index contributed by atoms with van der Waals surface area (Å²) in [6.45, 7) is 3.84. The number of esters is 1. The lowest BCUT2D eigenvalue weighted by Crippen LogP contribution is -2.36. The highest BCUT2D eigenvalue weighted by molar-refractivity contribution is 5.76. The molecule has 3 rings (SSSR count). The maximum Gasteiger partial charge on any atom is 0.323 e. The highest BCUT2D eigenvalue weighted by atomic mass is 16.5. The average Bonchev–Trinajstić information content (AvgIpc) is 3.05. The molecule has 3 heterocycles. The number of imidazole rings is 1. The van der Waals surface area contributed by atoms with Crippen LogP contribution in [0.1, 0.15) is 25.5 Å². The highest BCUT2D eigenvalue weighted by Gasteiger charge is 2.32. The highest BCUT2D eigenvalue weighted by Crippen LogP contribution is 2.21. The normalized spacial score (nSPS) is 19.6. The maximum absolute atomic E-state index is 11.9. The van der Waals surface area contributed by atoms with Crippen LogP contribution in [-0.4, -0.2) is 44.4 Å². The summed E-state index contributed by atoms with van der Waals surface area (Å²) >= 11 is 0. The van der Waals surface area contributed by atoms with Crippen LogP contribution in [0.2, 0.25) is 0 Å². The van der Waals surface area contributed by atoms with Crippen LogP contribution < -0.4 is 0 Å². The largest absolute Gasteiger partial charge is 0.465 e. The smallest absolute Gasteiger partial charge is 0.323 e. The summed E-state index contributed by atoms with van der Waals surface area (Å²) in [6, 6.07) is 1.74. The van der Waals surface area contributed by atoms with Crippen LogP contribution in [-0.2, 0) is 16.1 Å². The van der Waals surface area contributed by atoms with Crippen molar-refractivity contribution in [3.63, 3.8) is 0 Å². The van der Waals surface area contributed by atoms with Gasteiger partial charge in [-0.15, -0.1) is 0 Å². The van der Waals surface area contributed by atoms with Gasteiger partial charge < -0.3 is 4.74 Å². The molecule has 0 amide bonds. The molecule has 1 unspecified atom stereocenters. The first kappa shape index (κ1) is 13.1. The van der Waals surface area contributed by atoms with Crippen LogP contribution in [0, 0.1) is 0 Å². The summed E-state index contributed by atoms with van der Waals surface area (Å²) in [5.74, 6) is 0.571. The topological polar surface area (TPSA) is 59.7 Å². The van der Waals surface area contributed by atoms with E-state index in [1.165, 1.54) is 0 Å². The Kier molecular flexibility index (Phi) is 3.64. The number of carbonyl (C=O) groups excluding carboxylic acids is 1. The minimum absolute atomic E-state index is 0.119. The Balaban J connectivity index is 1.74. The molecule has 20 heavy (non-hydrogen) atoms. The van der Waals surface area contributed by atoms with Crippen molar-refractivity contribution in [3.8, 4) is 0 Å². The van der Waals surface area contributed by atoms with E-state index in [4.69, 9.17) is 4.74 Å². The van der Waals surface area contributed by atoms with E-state index in [2.05, 4.69) is 14.9 Å². The number of hydrogen-bond acceptors (Lipinski definition) is 5. The monoisotopic (exact) mass is 274 g/mol. The molecule has 6 nitrogen and oxygen atoms in total. The Morgan fingerprint density at radius 1 is 1.55 bits per heavy atom. The van der Waals surface area contributed by atoms with E-state index in [-0.39, 0.29) is 12.0 Å². The molecule has 2 aromatic rings. The number of likely N-dealkylation sites (tertiary alicyclic amines) is 1. The molecule has 0 aromatic carbocycles. The van der Waals surface area contributed by atoms with Crippen LogP contribution in [0.3, 0.4) is 0 Å². The van der Waals surface area contributed by atoms with Gasteiger partial charge in [0, 0.05) is 25.1 Å². The van der Waals surface area contributed by atoms with Gasteiger partial charge in [0.25, 0.3) is 0 Å². The molecule has 1 aliphatic rings. The van der Waals surface area contributed by atoms with Gasteiger partial charge >= 0.3 is 5.97 Å². The van der Waals surface area contributed by atoms with E-state index in [0.29, 0.717) is 18.9 Å². The van der Waals surface area contributed by atoms with Gasteiger partial charge in [-0.1, -0.05) is 0 Å². The second kappa shape index (κ2) is 5.58. The number of carbonyl (C=O) groups is 1. The Hall–Kier alpha value is -1.95. The van der Waals surface area contributed by atoms with Gasteiger partial charge in [0.05, 0.1) is 12.3 Å². The molecule has 1 aliphatic heterocycles. The maximum atomic E-state index is 11.9. The predicted octanol–water partition coefficient (Wildman–Crippen LogP) is 1.26. The van der Waals surface area contributed by atoms with Crippen molar-refractivity contribution in [2.75, 3.05) is 13.2 Å². The molecule has 0 bridgehead atoms. The van der Waals surface area contributed by atoms with E-state index >= 15 is 0 Å². The second-order valence-electron chi connectivity index (χ2n) is 4.94. The van der Waals surface area contributed by atoms with Gasteiger partial charge in [-0.05, 0) is 32.4 Å². The molecular formula is C14H18N4O2. The molecule has 0 N–H and O–H groups in total. The Morgan fingerprint density at radius 2 is 2.45 bits per heavy atom. The third kappa shape index (κ3) is 2.51. The molecule has 0 radical (unpaired) electrons. The number of ether oxygens (including phenoxy) is 1. The van der Waals surface area contributed by atoms with Crippen molar-refractivity contribution in [1.82, 2.24) is 19.3 Å². The third-order valence-corrected chi connectivity index (χ3v) is 3.57. The van der Waals surface area contributed by atoms with Gasteiger partial charge in [-0.3, -0.25) is 14.1 Å². The molecule has 1 atom stereocenters. The van der Waals surface area contributed by atoms with Crippen molar-refractivity contribution in [2.24, 2.45) is 0 Å². The van der Waals surface area contributed by atoms with Crippen molar-refractivity contribution in [2.45, 2.75) is 32.4 Å². The van der Waals surface area contributed by atoms with Gasteiger partial charge in [-0.2, -0.15) is 0 Å². The van der Waals surface area contributed by atoms with Crippen molar-refractivity contribution < 1.29 is 9.53 Å². The number of aromatic nitrogens is 3. The molecule has 6 heteroatoms. The molecule has 1 saturated heterocycles. The molecular weight excluding hydrogens is 256 g/mol. The lowest BCUT2D eigenvalue weighted by Gasteiger charge is -2.21. The summed E-state index contributed by atoms with van der Waals surface area (Å²) in [7, 11) is 0. The zero-order valence-electron chi connectivity index (χ0n) is 11.5. The van der Waals surface area contributed by atoms with Crippen molar-refractivity contribution >= 4 is 11.7 Å². The quantitative estimate of drug-likeness (QED) is 0.785. The first-order valence-corrected chi connectivity index (χ1v) is 6.97. The number of hydrogen-bond donors (Lipinski definition) is 0. The third-order valence-electron chi connectivity index (χ3n) is 3.57. The molecule has 1 fully saturated rings. The lowest BCUT2D eigenvalue weighted by molar-refractivity contribution is -0.148. The second-order valence-corrected chi connectivity index (χ2v) is 4.94. The molecule has 0 aliphatic carbocycles. The molecule has 106 valence electrons. The fraction of sp³-hybridized carbons (Fsp3) is 0.500. The van der Waals surface area contributed by atoms with E-state index in [9.17, 15) is 4.79 Å². The molecule has 0 spiro atoms. The molecule has 0 saturated carbocycles. The van der Waals surface area contributed by atoms with Crippen molar-refractivity contribution in [3.05, 3.63) is 30.4 Å². The van der Waals surface area contributed by atoms with E-state index < -0.39 is 0 Å². The van der Waals surface area contributed by atoms with Crippen LogP contribution in [0.5, 0.6) is 0 Å². The summed E-state index contributed by atoms with van der Waals surface area (Å²) in [4.78, 5) is 22.7. The minimum atomic E-state index is -0.132. The average molecular weight is 274 g/mol. The lowest BCUT2D eigenvalue weighted by atomic mass is 10.2. The van der Waals surface area contributed by atoms with Crippen molar-refractivity contribution in [1.29, 1.82) is 0 Å². The van der Waals surface area contributed by atoms with Gasteiger partial charge in [0.15, 0.2) is 0 Å². The zero-order valence-corrected chi connectivity index (χ0v) is 11.5. The van der Waals surface area contributed by atoms with Crippen LogP contribution in [0.4, 0.5) is 0 Å². The van der Waals surface area contributed by atoms with Gasteiger partial charge in [0.2, 0.25) is 5.78 Å². The first-order chi connectivity index (χ1) is 9.78. The predicted molar refractivity (Wildman–Crippen MR) is 73.1 cm³/mol. The summed E-state index contributed by atoms with van der Waals surface area (Å²) in [6.07, 6.45) is 7.50. The number of nitrogens with zero attached hydrogens (tertiary/aromatic N) is 4. The van der Waals surface area contributed by atoms with Gasteiger partial charge in [-0.25, -0.2) is 9.97 Å². The van der Waals surface area contributed by atoms with E-state index in [0.717, 1.165) is 25.1 Å². The van der Waals surface area contributed by atoms with Crippen LogP contribution >= 0.6 is 0 Å². The number of rotatable bonds is 4. The standard InChI is InChI=1S/C14H18N4O2/c1-2-20-13(19)12-5-3-7-17(12)9-11-10-18-8-4-6-15-14(18)16-11/h4,6,8,10,12H,2-3,5,7,9H2,1H3. The Morgan fingerprint density at radius 3 is 3.25 bits per heavy atom. The molecule has 2 aromatic heterocycles. The van der Waals surface area contributed by atoms with E-state index in [1.54, 1.807) is 6.20 Å². The minimum Gasteiger partial charge on any atom is -0.465 e. The summed E-state index contributed by atoms with van der Waals surface area (Å²) in [5, 5.41) is 0. The zero-order chi connectivity index (χ0) is 13.9. The Bertz CT molecular complexity index is 577. The first-order valence-electron chi connectivity index (χ1n) is 6.97. The summed E-state index contributed by atoms with van der Waals surface area (Å²) in [5.41, 5.74) is 0.930. The van der Waals surface area contributed by atoms with Crippen LogP contribution in [0.15, 0.2) is 24.7 Å². The van der Waals surface area contributed by atoms with E-state index in [1.807, 2.05) is 29.8 Å². The number of fused-ring (bicyclic) bond motifs is 1. The Labute approximate surface area is 117 Å². The van der Waals surface area contributed by atoms with Gasteiger partial charge in [0.1, 0.15) is 6.04 Å². The fourth-order valence-electron chi connectivity index (χ4n) is 2.68. The summed E-state index contributed by atoms with van der Waals surface area (Å²) < 4.78 is 7.03.